The van der Waals surface area contributed by atoms with Crippen LogP contribution in [0.2, 0.25) is 0 Å². The normalized spacial score (nSPS) is 11.5. The molecule has 21 heavy (non-hydrogen) atoms. The Balaban J connectivity index is 2.00. The summed E-state index contributed by atoms with van der Waals surface area (Å²) in [5, 5.41) is 9.49. The van der Waals surface area contributed by atoms with Crippen molar-refractivity contribution in [1.29, 1.82) is 0 Å². The number of methoxy groups -OCH3 is 1. The lowest BCUT2D eigenvalue weighted by molar-refractivity contribution is -0.0372. The highest BCUT2D eigenvalue weighted by atomic mass is 16.7. The average Bonchev–Trinajstić information content (AvgIpc) is 2.48. The summed E-state index contributed by atoms with van der Waals surface area (Å²) in [5.41, 5.74) is 0.271. The summed E-state index contributed by atoms with van der Waals surface area (Å²) in [7, 11) is 1.41. The van der Waals surface area contributed by atoms with Crippen LogP contribution in [0.25, 0.3) is 0 Å². The molecule has 0 amide bonds. The first kappa shape index (κ1) is 14.7. The molecule has 110 valence electrons. The monoisotopic (exact) mass is 288 g/mol. The van der Waals surface area contributed by atoms with Gasteiger partial charge < -0.3 is 19.3 Å². The first-order valence-corrected chi connectivity index (χ1v) is 6.40. The van der Waals surface area contributed by atoms with Crippen LogP contribution in [0.5, 0.6) is 17.2 Å². The van der Waals surface area contributed by atoms with Gasteiger partial charge >= 0.3 is 5.97 Å². The smallest absolute Gasteiger partial charge is 0.341 e. The zero-order chi connectivity index (χ0) is 15.2. The number of carbonyl (C=O) groups is 1. The van der Waals surface area contributed by atoms with Crippen LogP contribution in [0, 0.1) is 0 Å². The van der Waals surface area contributed by atoms with Crippen LogP contribution in [-0.2, 0) is 4.74 Å². The summed E-state index contributed by atoms with van der Waals surface area (Å²) in [5.74, 6) is 0.224. The molecule has 1 N–H and O–H groups in total. The third-order valence-electron chi connectivity index (χ3n) is 2.73. The third kappa shape index (κ3) is 3.89. The fourth-order valence-electron chi connectivity index (χ4n) is 1.74. The topological polar surface area (TPSA) is 65.0 Å². The van der Waals surface area contributed by atoms with Crippen molar-refractivity contribution >= 4 is 5.97 Å². The molecule has 0 spiro atoms. The standard InChI is InChI=1S/C16H16O5/c1-11(20-13-6-4-3-5-7-13)21-16(18)12-8-9-14(17)15(10-12)19-2/h3-11,17H,1-2H3. The highest BCUT2D eigenvalue weighted by Crippen LogP contribution is 2.26. The van der Waals surface area contributed by atoms with E-state index in [0.717, 1.165) is 0 Å². The average molecular weight is 288 g/mol. The Morgan fingerprint density at radius 2 is 1.86 bits per heavy atom. The third-order valence-corrected chi connectivity index (χ3v) is 2.73. The van der Waals surface area contributed by atoms with Gasteiger partial charge in [-0.05, 0) is 30.3 Å². The zero-order valence-corrected chi connectivity index (χ0v) is 11.8. The number of rotatable bonds is 5. The molecule has 0 aliphatic heterocycles. The number of ether oxygens (including phenoxy) is 3. The van der Waals surface area contributed by atoms with E-state index in [1.54, 1.807) is 19.1 Å². The van der Waals surface area contributed by atoms with E-state index in [2.05, 4.69) is 0 Å². The van der Waals surface area contributed by atoms with Gasteiger partial charge in [0.25, 0.3) is 0 Å². The summed E-state index contributed by atoms with van der Waals surface area (Å²) in [6.07, 6.45) is -0.736. The maximum Gasteiger partial charge on any atom is 0.341 e. The van der Waals surface area contributed by atoms with E-state index in [-0.39, 0.29) is 17.1 Å². The van der Waals surface area contributed by atoms with Crippen molar-refractivity contribution in [2.45, 2.75) is 13.2 Å². The fraction of sp³-hybridized carbons (Fsp3) is 0.188. The molecular formula is C16H16O5. The molecule has 0 aromatic heterocycles. The second kappa shape index (κ2) is 6.65. The molecule has 2 rings (SSSR count). The molecule has 0 heterocycles. The van der Waals surface area contributed by atoms with Crippen LogP contribution in [0.15, 0.2) is 48.5 Å². The van der Waals surface area contributed by atoms with E-state index in [0.29, 0.717) is 5.75 Å². The largest absolute Gasteiger partial charge is 0.504 e. The number of esters is 1. The van der Waals surface area contributed by atoms with E-state index >= 15 is 0 Å². The number of benzene rings is 2. The first-order chi connectivity index (χ1) is 10.1. The SMILES string of the molecule is COc1cc(C(=O)OC(C)Oc2ccccc2)ccc1O. The molecule has 5 nitrogen and oxygen atoms in total. The molecule has 5 heteroatoms. The molecule has 1 unspecified atom stereocenters. The van der Waals surface area contributed by atoms with Gasteiger partial charge in [-0.25, -0.2) is 4.79 Å². The number of phenolic OH excluding ortho intramolecular Hbond substituents is 1. The van der Waals surface area contributed by atoms with Gasteiger partial charge in [-0.2, -0.15) is 0 Å². The summed E-state index contributed by atoms with van der Waals surface area (Å²) >= 11 is 0. The Morgan fingerprint density at radius 1 is 1.14 bits per heavy atom. The number of hydrogen-bond donors (Lipinski definition) is 1. The zero-order valence-electron chi connectivity index (χ0n) is 11.8. The van der Waals surface area contributed by atoms with Crippen molar-refractivity contribution in [3.05, 3.63) is 54.1 Å². The molecular weight excluding hydrogens is 272 g/mol. The van der Waals surface area contributed by atoms with Crippen LogP contribution in [0.1, 0.15) is 17.3 Å². The molecule has 2 aromatic rings. The number of aromatic hydroxyl groups is 1. The Hall–Kier alpha value is -2.69. The Bertz CT molecular complexity index is 609. The fourth-order valence-corrected chi connectivity index (χ4v) is 1.74. The van der Waals surface area contributed by atoms with Gasteiger partial charge in [-0.3, -0.25) is 0 Å². The van der Waals surface area contributed by atoms with Gasteiger partial charge in [0.05, 0.1) is 12.7 Å². The van der Waals surface area contributed by atoms with Crippen molar-refractivity contribution in [2.75, 3.05) is 7.11 Å². The van der Waals surface area contributed by atoms with Gasteiger partial charge in [-0.15, -0.1) is 0 Å². The highest BCUT2D eigenvalue weighted by molar-refractivity contribution is 5.90. The number of para-hydroxylation sites is 1. The molecule has 0 aliphatic rings. The molecule has 0 saturated carbocycles. The predicted octanol–water partition coefficient (Wildman–Crippen LogP) is 2.98. The van der Waals surface area contributed by atoms with Crippen LogP contribution in [0.3, 0.4) is 0 Å². The summed E-state index contributed by atoms with van der Waals surface area (Å²) < 4.78 is 15.6. The van der Waals surface area contributed by atoms with Gasteiger partial charge in [0.1, 0.15) is 5.75 Å². The lowest BCUT2D eigenvalue weighted by Crippen LogP contribution is -2.20. The minimum atomic E-state index is -0.736. The minimum Gasteiger partial charge on any atom is -0.504 e. The lowest BCUT2D eigenvalue weighted by Gasteiger charge is -2.15. The highest BCUT2D eigenvalue weighted by Gasteiger charge is 2.15. The molecule has 0 radical (unpaired) electrons. The van der Waals surface area contributed by atoms with Crippen molar-refractivity contribution in [3.63, 3.8) is 0 Å². The first-order valence-electron chi connectivity index (χ1n) is 6.40. The van der Waals surface area contributed by atoms with Gasteiger partial charge in [0, 0.05) is 6.92 Å². The number of carbonyl (C=O) groups excluding carboxylic acids is 1. The van der Waals surface area contributed by atoms with E-state index in [9.17, 15) is 9.90 Å². The maximum absolute atomic E-state index is 12.0. The molecule has 0 fully saturated rings. The Morgan fingerprint density at radius 3 is 2.52 bits per heavy atom. The molecule has 0 aliphatic carbocycles. The van der Waals surface area contributed by atoms with Crippen LogP contribution in [-0.4, -0.2) is 24.5 Å². The Labute approximate surface area is 122 Å². The molecule has 2 aromatic carbocycles. The Kier molecular flexibility index (Phi) is 4.66. The minimum absolute atomic E-state index is 0.0392. The van der Waals surface area contributed by atoms with E-state index in [1.165, 1.54) is 25.3 Å². The molecule has 0 saturated heterocycles. The van der Waals surface area contributed by atoms with E-state index in [4.69, 9.17) is 14.2 Å². The van der Waals surface area contributed by atoms with Gasteiger partial charge in [0.15, 0.2) is 11.5 Å². The van der Waals surface area contributed by atoms with Crippen LogP contribution in [0.4, 0.5) is 0 Å². The number of hydrogen-bond acceptors (Lipinski definition) is 5. The maximum atomic E-state index is 12.0. The lowest BCUT2D eigenvalue weighted by atomic mass is 10.2. The summed E-state index contributed by atoms with van der Waals surface area (Å²) in [4.78, 5) is 12.0. The van der Waals surface area contributed by atoms with Crippen molar-refractivity contribution < 1.29 is 24.1 Å². The van der Waals surface area contributed by atoms with E-state index in [1.807, 2.05) is 18.2 Å². The van der Waals surface area contributed by atoms with Crippen molar-refractivity contribution in [1.82, 2.24) is 0 Å². The van der Waals surface area contributed by atoms with Crippen molar-refractivity contribution in [2.24, 2.45) is 0 Å². The van der Waals surface area contributed by atoms with Gasteiger partial charge in [-0.1, -0.05) is 18.2 Å². The number of phenols is 1. The quantitative estimate of drug-likeness (QED) is 0.677. The van der Waals surface area contributed by atoms with Crippen LogP contribution >= 0.6 is 0 Å². The second-order valence-corrected chi connectivity index (χ2v) is 4.29. The van der Waals surface area contributed by atoms with Crippen LogP contribution < -0.4 is 9.47 Å². The van der Waals surface area contributed by atoms with E-state index < -0.39 is 12.3 Å². The summed E-state index contributed by atoms with van der Waals surface area (Å²) in [6, 6.07) is 13.3. The summed E-state index contributed by atoms with van der Waals surface area (Å²) in [6.45, 7) is 1.63. The molecule has 1 atom stereocenters. The predicted molar refractivity (Wildman–Crippen MR) is 76.6 cm³/mol. The molecule has 0 bridgehead atoms. The van der Waals surface area contributed by atoms with Gasteiger partial charge in [0.2, 0.25) is 6.29 Å². The second-order valence-electron chi connectivity index (χ2n) is 4.29. The van der Waals surface area contributed by atoms with Crippen molar-refractivity contribution in [3.8, 4) is 17.2 Å².